The van der Waals surface area contributed by atoms with E-state index in [1.807, 2.05) is 0 Å². The summed E-state index contributed by atoms with van der Waals surface area (Å²) in [5, 5.41) is 0.898. The largest absolute Gasteiger partial charge is 0.465 e. The fourth-order valence-corrected chi connectivity index (χ4v) is 3.64. The average molecular weight is 378 g/mol. The fourth-order valence-electron chi connectivity index (χ4n) is 1.86. The zero-order valence-corrected chi connectivity index (χ0v) is 14.7. The molecule has 2 aromatic rings. The number of nitrogens with zero attached hydrogens (tertiary/aromatic N) is 2. The average Bonchev–Trinajstić information content (AvgIpc) is 2.89. The molecule has 0 bridgehead atoms. The number of carbonyl (C=O) groups is 1. The smallest absolute Gasteiger partial charge is 0.322 e. The van der Waals surface area contributed by atoms with Gasteiger partial charge in [0, 0.05) is 11.6 Å². The molecule has 0 amide bonds. The molecule has 0 saturated carbocycles. The van der Waals surface area contributed by atoms with Crippen LogP contribution in [0.2, 0.25) is 5.02 Å². The SMILES string of the molecule is CCOC(=O)C(N)CCN(c1nc2cc(Cl)ccc2s1)S(=O)O. The molecule has 0 aliphatic heterocycles. The summed E-state index contributed by atoms with van der Waals surface area (Å²) >= 11 is 4.89. The molecule has 1 heterocycles. The molecular weight excluding hydrogens is 362 g/mol. The van der Waals surface area contributed by atoms with Crippen molar-refractivity contribution in [2.45, 2.75) is 19.4 Å². The molecule has 0 radical (unpaired) electrons. The number of hydrogen-bond acceptors (Lipinski definition) is 6. The van der Waals surface area contributed by atoms with Gasteiger partial charge in [-0.2, -0.15) is 0 Å². The van der Waals surface area contributed by atoms with Gasteiger partial charge in [0.2, 0.25) is 0 Å². The van der Waals surface area contributed by atoms with Crippen LogP contribution in [0.25, 0.3) is 10.2 Å². The molecular formula is C13H16ClN3O4S2. The van der Waals surface area contributed by atoms with Gasteiger partial charge in [-0.05, 0) is 31.5 Å². The quantitative estimate of drug-likeness (QED) is 0.565. The third-order valence-corrected chi connectivity index (χ3v) is 5.12. The van der Waals surface area contributed by atoms with Gasteiger partial charge in [-0.1, -0.05) is 22.9 Å². The van der Waals surface area contributed by atoms with Gasteiger partial charge in [-0.15, -0.1) is 0 Å². The van der Waals surface area contributed by atoms with Crippen LogP contribution in [-0.2, 0) is 20.8 Å². The Kier molecular flexibility index (Phi) is 6.31. The summed E-state index contributed by atoms with van der Waals surface area (Å²) in [4.78, 5) is 15.8. The summed E-state index contributed by atoms with van der Waals surface area (Å²) in [6.07, 6.45) is 0.168. The van der Waals surface area contributed by atoms with E-state index in [9.17, 15) is 13.6 Å². The Labute approximate surface area is 144 Å². The number of fused-ring (bicyclic) bond motifs is 1. The van der Waals surface area contributed by atoms with E-state index in [-0.39, 0.29) is 19.6 Å². The van der Waals surface area contributed by atoms with Crippen molar-refractivity contribution in [3.05, 3.63) is 23.2 Å². The second-order valence-electron chi connectivity index (χ2n) is 4.59. The number of carbonyl (C=O) groups excluding carboxylic acids is 1. The van der Waals surface area contributed by atoms with Gasteiger partial charge in [0.25, 0.3) is 11.3 Å². The predicted molar refractivity (Wildman–Crippen MR) is 92.0 cm³/mol. The van der Waals surface area contributed by atoms with Crippen molar-refractivity contribution in [1.82, 2.24) is 4.98 Å². The number of nitrogens with two attached hydrogens (primary N) is 1. The first-order chi connectivity index (χ1) is 10.9. The lowest BCUT2D eigenvalue weighted by atomic mass is 10.2. The molecule has 0 aliphatic rings. The van der Waals surface area contributed by atoms with Gasteiger partial charge in [-0.3, -0.25) is 9.35 Å². The van der Waals surface area contributed by atoms with Crippen molar-refractivity contribution in [2.75, 3.05) is 17.5 Å². The molecule has 10 heteroatoms. The maximum atomic E-state index is 11.6. The molecule has 2 unspecified atom stereocenters. The third kappa shape index (κ3) is 4.61. The van der Waals surface area contributed by atoms with Gasteiger partial charge >= 0.3 is 5.97 Å². The van der Waals surface area contributed by atoms with E-state index < -0.39 is 23.3 Å². The lowest BCUT2D eigenvalue weighted by Gasteiger charge is -2.18. The first kappa shape index (κ1) is 18.1. The molecule has 0 saturated heterocycles. The number of benzene rings is 1. The minimum Gasteiger partial charge on any atom is -0.465 e. The van der Waals surface area contributed by atoms with Gasteiger partial charge in [0.15, 0.2) is 5.13 Å². The van der Waals surface area contributed by atoms with Gasteiger partial charge in [0.05, 0.1) is 16.8 Å². The van der Waals surface area contributed by atoms with Crippen LogP contribution >= 0.6 is 22.9 Å². The highest BCUT2D eigenvalue weighted by Crippen LogP contribution is 2.31. The minimum absolute atomic E-state index is 0.0939. The number of halogens is 1. The number of anilines is 1. The van der Waals surface area contributed by atoms with E-state index in [0.717, 1.165) is 4.70 Å². The Morgan fingerprint density at radius 2 is 2.35 bits per heavy atom. The van der Waals surface area contributed by atoms with E-state index in [1.54, 1.807) is 25.1 Å². The summed E-state index contributed by atoms with van der Waals surface area (Å²) in [7, 11) is 0. The van der Waals surface area contributed by atoms with Crippen LogP contribution in [0.15, 0.2) is 18.2 Å². The molecule has 0 spiro atoms. The number of aromatic nitrogens is 1. The summed E-state index contributed by atoms with van der Waals surface area (Å²) in [6.45, 7) is 2.02. The molecule has 0 fully saturated rings. The van der Waals surface area contributed by atoms with Crippen molar-refractivity contribution in [3.63, 3.8) is 0 Å². The normalized spacial score (nSPS) is 13.7. The van der Waals surface area contributed by atoms with Crippen LogP contribution in [0.5, 0.6) is 0 Å². The Morgan fingerprint density at radius 3 is 3.00 bits per heavy atom. The first-order valence-electron chi connectivity index (χ1n) is 6.79. The molecule has 0 aliphatic carbocycles. The molecule has 7 nitrogen and oxygen atoms in total. The summed E-state index contributed by atoms with van der Waals surface area (Å²) < 4.78 is 27.9. The number of thiazole rings is 1. The standard InChI is InChI=1S/C13H16ClN3O4S2/c1-2-21-12(18)9(15)5-6-17(23(19)20)13-16-10-7-8(14)3-4-11(10)22-13/h3-4,7,9H,2,5-6,15H2,1H3,(H,19,20). The number of rotatable bonds is 7. The maximum absolute atomic E-state index is 11.6. The van der Waals surface area contributed by atoms with Crippen molar-refractivity contribution < 1.29 is 18.3 Å². The van der Waals surface area contributed by atoms with Crippen LogP contribution in [-0.4, -0.2) is 38.9 Å². The minimum atomic E-state index is -2.28. The van der Waals surface area contributed by atoms with Crippen LogP contribution in [0, 0.1) is 0 Å². The third-order valence-electron chi connectivity index (χ3n) is 2.97. The van der Waals surface area contributed by atoms with E-state index in [1.165, 1.54) is 15.6 Å². The number of ether oxygens (including phenoxy) is 1. The molecule has 1 aromatic heterocycles. The van der Waals surface area contributed by atoms with E-state index >= 15 is 0 Å². The highest BCUT2D eigenvalue weighted by atomic mass is 35.5. The topological polar surface area (TPSA) is 106 Å². The Morgan fingerprint density at radius 1 is 1.61 bits per heavy atom. The summed E-state index contributed by atoms with van der Waals surface area (Å²) in [6, 6.07) is 4.34. The van der Waals surface area contributed by atoms with E-state index in [0.29, 0.717) is 15.7 Å². The van der Waals surface area contributed by atoms with Crippen LogP contribution in [0.3, 0.4) is 0 Å². The molecule has 23 heavy (non-hydrogen) atoms. The van der Waals surface area contributed by atoms with Gasteiger partial charge in [0.1, 0.15) is 6.04 Å². The molecule has 2 atom stereocenters. The van der Waals surface area contributed by atoms with Crippen LogP contribution in [0.4, 0.5) is 5.13 Å². The number of esters is 1. The van der Waals surface area contributed by atoms with Crippen molar-refractivity contribution in [1.29, 1.82) is 0 Å². The second-order valence-corrected chi connectivity index (χ2v) is 6.94. The molecule has 2 rings (SSSR count). The Balaban J connectivity index is 2.14. The lowest BCUT2D eigenvalue weighted by Crippen LogP contribution is -2.37. The zero-order chi connectivity index (χ0) is 17.0. The van der Waals surface area contributed by atoms with Crippen molar-refractivity contribution in [3.8, 4) is 0 Å². The van der Waals surface area contributed by atoms with Crippen molar-refractivity contribution in [2.24, 2.45) is 5.73 Å². The van der Waals surface area contributed by atoms with E-state index in [4.69, 9.17) is 22.1 Å². The Hall–Kier alpha value is -1.26. The summed E-state index contributed by atoms with van der Waals surface area (Å²) in [5.41, 5.74) is 6.35. The zero-order valence-electron chi connectivity index (χ0n) is 12.3. The molecule has 1 aromatic carbocycles. The highest BCUT2D eigenvalue weighted by molar-refractivity contribution is 7.81. The Bertz CT molecular complexity index is 724. The van der Waals surface area contributed by atoms with E-state index in [2.05, 4.69) is 4.98 Å². The van der Waals surface area contributed by atoms with Crippen LogP contribution < -0.4 is 10.0 Å². The molecule has 126 valence electrons. The fraction of sp³-hybridized carbons (Fsp3) is 0.385. The van der Waals surface area contributed by atoms with Crippen LogP contribution in [0.1, 0.15) is 13.3 Å². The summed E-state index contributed by atoms with van der Waals surface area (Å²) in [5.74, 6) is -0.535. The lowest BCUT2D eigenvalue weighted by molar-refractivity contribution is -0.144. The van der Waals surface area contributed by atoms with Gasteiger partial charge < -0.3 is 10.5 Å². The van der Waals surface area contributed by atoms with Gasteiger partial charge in [-0.25, -0.2) is 13.5 Å². The second kappa shape index (κ2) is 8.02. The monoisotopic (exact) mass is 377 g/mol. The first-order valence-corrected chi connectivity index (χ1v) is 9.05. The predicted octanol–water partition coefficient (Wildman–Crippen LogP) is 2.17. The van der Waals surface area contributed by atoms with Crippen molar-refractivity contribution >= 4 is 55.5 Å². The number of hydrogen-bond donors (Lipinski definition) is 2. The molecule has 3 N–H and O–H groups in total. The highest BCUT2D eigenvalue weighted by Gasteiger charge is 2.21. The maximum Gasteiger partial charge on any atom is 0.322 e.